The minimum atomic E-state index is -3.39. The van der Waals surface area contributed by atoms with E-state index in [0.717, 1.165) is 26.2 Å². The quantitative estimate of drug-likeness (QED) is 0.896. The largest absolute Gasteiger partial charge is 0.314 e. The summed E-state index contributed by atoms with van der Waals surface area (Å²) in [6.45, 7) is 6.93. The van der Waals surface area contributed by atoms with E-state index in [1.165, 1.54) is 0 Å². The van der Waals surface area contributed by atoms with Crippen LogP contribution in [0.25, 0.3) is 0 Å². The fourth-order valence-electron chi connectivity index (χ4n) is 2.93. The minimum Gasteiger partial charge on any atom is -0.314 e. The second-order valence-electron chi connectivity index (χ2n) is 5.67. The van der Waals surface area contributed by atoms with Crippen molar-refractivity contribution in [1.82, 2.24) is 14.5 Å². The Kier molecular flexibility index (Phi) is 4.25. The molecule has 0 atom stereocenters. The fourth-order valence-corrected chi connectivity index (χ4v) is 4.88. The van der Waals surface area contributed by atoms with E-state index in [2.05, 4.69) is 10.2 Å². The molecular weight excluding hydrogens is 310 g/mol. The van der Waals surface area contributed by atoms with Crippen molar-refractivity contribution >= 4 is 21.6 Å². The van der Waals surface area contributed by atoms with Gasteiger partial charge in [0.2, 0.25) is 10.0 Å². The predicted molar refractivity (Wildman–Crippen MR) is 83.2 cm³/mol. The molecule has 2 aliphatic rings. The molecule has 7 heteroatoms. The van der Waals surface area contributed by atoms with E-state index in [-0.39, 0.29) is 0 Å². The van der Waals surface area contributed by atoms with Crippen LogP contribution in [0.1, 0.15) is 5.56 Å². The molecule has 21 heavy (non-hydrogen) atoms. The second-order valence-corrected chi connectivity index (χ2v) is 8.01. The summed E-state index contributed by atoms with van der Waals surface area (Å²) in [5.74, 6) is 0. The predicted octanol–water partition coefficient (Wildman–Crippen LogP) is 0.927. The number of piperazine rings is 1. The lowest BCUT2D eigenvalue weighted by atomic mass is 10.1. The molecule has 2 heterocycles. The van der Waals surface area contributed by atoms with Crippen LogP contribution in [0.4, 0.5) is 0 Å². The van der Waals surface area contributed by atoms with Crippen molar-refractivity contribution in [3.05, 3.63) is 28.8 Å². The van der Waals surface area contributed by atoms with Crippen molar-refractivity contribution in [3.63, 3.8) is 0 Å². The molecule has 0 unspecified atom stereocenters. The number of sulfonamides is 1. The molecule has 2 aliphatic heterocycles. The smallest absolute Gasteiger partial charge is 0.243 e. The van der Waals surface area contributed by atoms with Crippen LogP contribution in [0, 0.1) is 6.92 Å². The number of rotatable bonds is 3. The molecule has 0 spiro atoms. The first-order chi connectivity index (χ1) is 9.98. The summed E-state index contributed by atoms with van der Waals surface area (Å²) in [5, 5.41) is 3.88. The molecule has 0 bridgehead atoms. The van der Waals surface area contributed by atoms with Crippen LogP contribution in [0.15, 0.2) is 23.1 Å². The molecule has 1 aromatic rings. The molecule has 0 radical (unpaired) electrons. The average Bonchev–Trinajstić information content (AvgIpc) is 2.37. The molecule has 2 fully saturated rings. The number of benzene rings is 1. The number of hydrogen-bond donors (Lipinski definition) is 1. The van der Waals surface area contributed by atoms with E-state index < -0.39 is 10.0 Å². The van der Waals surface area contributed by atoms with E-state index in [4.69, 9.17) is 11.6 Å². The first-order valence-electron chi connectivity index (χ1n) is 7.19. The molecule has 116 valence electrons. The van der Waals surface area contributed by atoms with E-state index in [0.29, 0.717) is 34.6 Å². The molecule has 0 aliphatic carbocycles. The number of nitrogens with zero attached hydrogens (tertiary/aromatic N) is 2. The Balaban J connectivity index is 1.70. The third-order valence-corrected chi connectivity index (χ3v) is 6.48. The first kappa shape index (κ1) is 15.2. The van der Waals surface area contributed by atoms with Crippen molar-refractivity contribution in [2.24, 2.45) is 0 Å². The van der Waals surface area contributed by atoms with Crippen LogP contribution in [0.2, 0.25) is 5.02 Å². The maximum atomic E-state index is 12.6. The van der Waals surface area contributed by atoms with Crippen molar-refractivity contribution in [1.29, 1.82) is 0 Å². The first-order valence-corrected chi connectivity index (χ1v) is 9.01. The second kappa shape index (κ2) is 5.85. The molecule has 2 saturated heterocycles. The molecule has 1 aromatic carbocycles. The van der Waals surface area contributed by atoms with Crippen LogP contribution >= 0.6 is 11.6 Å². The standard InChI is InChI=1S/C14H20ClN3O2S/c1-11-8-12(15)2-3-14(11)21(19,20)18-9-13(10-18)17-6-4-16-5-7-17/h2-3,8,13,16H,4-7,9-10H2,1H3. The molecule has 0 saturated carbocycles. The number of halogens is 1. The summed E-state index contributed by atoms with van der Waals surface area (Å²) in [6.07, 6.45) is 0. The maximum absolute atomic E-state index is 12.6. The van der Waals surface area contributed by atoms with Gasteiger partial charge in [0.1, 0.15) is 0 Å². The lowest BCUT2D eigenvalue weighted by Crippen LogP contribution is -2.63. The van der Waals surface area contributed by atoms with E-state index in [9.17, 15) is 8.42 Å². The average molecular weight is 330 g/mol. The van der Waals surface area contributed by atoms with Crippen LogP contribution in [0.3, 0.4) is 0 Å². The van der Waals surface area contributed by atoms with Gasteiger partial charge in [-0.1, -0.05) is 11.6 Å². The van der Waals surface area contributed by atoms with Gasteiger partial charge in [0.25, 0.3) is 0 Å². The Labute approximate surface area is 130 Å². The number of aryl methyl sites for hydroxylation is 1. The molecule has 1 N–H and O–H groups in total. The van der Waals surface area contributed by atoms with Gasteiger partial charge in [-0.05, 0) is 30.7 Å². The van der Waals surface area contributed by atoms with Gasteiger partial charge >= 0.3 is 0 Å². The number of hydrogen-bond acceptors (Lipinski definition) is 4. The highest BCUT2D eigenvalue weighted by molar-refractivity contribution is 7.89. The topological polar surface area (TPSA) is 52.7 Å². The van der Waals surface area contributed by atoms with Crippen LogP contribution in [-0.2, 0) is 10.0 Å². The maximum Gasteiger partial charge on any atom is 0.243 e. The SMILES string of the molecule is Cc1cc(Cl)ccc1S(=O)(=O)N1CC(N2CCNCC2)C1. The molecule has 3 rings (SSSR count). The third-order valence-electron chi connectivity index (χ3n) is 4.25. The summed E-state index contributed by atoms with van der Waals surface area (Å²) in [4.78, 5) is 2.74. The van der Waals surface area contributed by atoms with Gasteiger partial charge in [0.15, 0.2) is 0 Å². The highest BCUT2D eigenvalue weighted by Crippen LogP contribution is 2.27. The van der Waals surface area contributed by atoms with Gasteiger partial charge in [-0.2, -0.15) is 4.31 Å². The molecule has 5 nitrogen and oxygen atoms in total. The van der Waals surface area contributed by atoms with Crippen molar-refractivity contribution < 1.29 is 8.42 Å². The Hall–Kier alpha value is -0.660. The van der Waals surface area contributed by atoms with Crippen molar-refractivity contribution in [3.8, 4) is 0 Å². The zero-order valence-electron chi connectivity index (χ0n) is 12.0. The Morgan fingerprint density at radius 1 is 1.24 bits per heavy atom. The summed E-state index contributed by atoms with van der Waals surface area (Å²) in [5.41, 5.74) is 0.702. The Morgan fingerprint density at radius 3 is 2.52 bits per heavy atom. The molecule has 0 aromatic heterocycles. The Morgan fingerprint density at radius 2 is 1.90 bits per heavy atom. The van der Waals surface area contributed by atoms with Gasteiger partial charge in [-0.15, -0.1) is 0 Å². The summed E-state index contributed by atoms with van der Waals surface area (Å²) in [6, 6.07) is 5.29. The molecule has 0 amide bonds. The van der Waals surface area contributed by atoms with Crippen molar-refractivity contribution in [2.45, 2.75) is 17.9 Å². The van der Waals surface area contributed by atoms with E-state index >= 15 is 0 Å². The van der Waals surface area contributed by atoms with Gasteiger partial charge < -0.3 is 5.32 Å². The monoisotopic (exact) mass is 329 g/mol. The van der Waals surface area contributed by atoms with E-state index in [1.807, 2.05) is 0 Å². The third kappa shape index (κ3) is 2.96. The fraction of sp³-hybridized carbons (Fsp3) is 0.571. The van der Waals surface area contributed by atoms with Gasteiger partial charge in [-0.25, -0.2) is 8.42 Å². The molecular formula is C14H20ClN3O2S. The highest BCUT2D eigenvalue weighted by atomic mass is 35.5. The zero-order valence-corrected chi connectivity index (χ0v) is 13.6. The van der Waals surface area contributed by atoms with Crippen LogP contribution < -0.4 is 5.32 Å². The normalized spacial score (nSPS) is 22.2. The van der Waals surface area contributed by atoms with Crippen LogP contribution in [0.5, 0.6) is 0 Å². The lowest BCUT2D eigenvalue weighted by molar-refractivity contribution is 0.0773. The van der Waals surface area contributed by atoms with Crippen LogP contribution in [-0.4, -0.2) is 62.9 Å². The summed E-state index contributed by atoms with van der Waals surface area (Å²) in [7, 11) is -3.39. The minimum absolute atomic E-state index is 0.356. The highest BCUT2D eigenvalue weighted by Gasteiger charge is 2.40. The van der Waals surface area contributed by atoms with Crippen molar-refractivity contribution in [2.75, 3.05) is 39.3 Å². The lowest BCUT2D eigenvalue weighted by Gasteiger charge is -2.45. The summed E-state index contributed by atoms with van der Waals surface area (Å²) < 4.78 is 26.8. The number of nitrogens with one attached hydrogen (secondary N) is 1. The Bertz CT molecular complexity index is 623. The van der Waals surface area contributed by atoms with E-state index in [1.54, 1.807) is 29.4 Å². The van der Waals surface area contributed by atoms with Gasteiger partial charge in [0.05, 0.1) is 4.90 Å². The zero-order chi connectivity index (χ0) is 15.0. The van der Waals surface area contributed by atoms with Gasteiger partial charge in [0, 0.05) is 50.3 Å². The summed E-state index contributed by atoms with van der Waals surface area (Å²) >= 11 is 5.90. The van der Waals surface area contributed by atoms with Gasteiger partial charge in [-0.3, -0.25) is 4.90 Å².